The van der Waals surface area contributed by atoms with E-state index in [1.807, 2.05) is 70.7 Å². The Balaban J connectivity index is 1.77. The molecule has 0 aliphatic heterocycles. The van der Waals surface area contributed by atoms with Gasteiger partial charge in [-0.25, -0.2) is 19.9 Å². The molecule has 14 heteroatoms. The highest BCUT2D eigenvalue weighted by molar-refractivity contribution is 8.16. The predicted molar refractivity (Wildman–Crippen MR) is 237 cm³/mol. The van der Waals surface area contributed by atoms with Crippen molar-refractivity contribution in [2.24, 2.45) is 0 Å². The summed E-state index contributed by atoms with van der Waals surface area (Å²) in [4.78, 5) is 32.0. The van der Waals surface area contributed by atoms with Crippen LogP contribution in [0, 0.1) is 22.7 Å². The quantitative estimate of drug-likeness (QED) is 0.0359. The number of rotatable bonds is 19. The molecule has 0 saturated carbocycles. The van der Waals surface area contributed by atoms with E-state index in [4.69, 9.17) is 19.9 Å². The molecule has 2 aromatic carbocycles. The third-order valence-electron chi connectivity index (χ3n) is 8.67. The normalized spacial score (nSPS) is 11.0. The lowest BCUT2D eigenvalue weighted by atomic mass is 9.84. The predicted octanol–water partition coefficient (Wildman–Crippen LogP) is 11.9. The molecule has 4 aromatic heterocycles. The molecule has 0 spiro atoms. The summed E-state index contributed by atoms with van der Waals surface area (Å²) in [5.74, 6) is 2.01. The van der Waals surface area contributed by atoms with Crippen LogP contribution in [-0.2, 0) is 6.61 Å². The van der Waals surface area contributed by atoms with Crippen LogP contribution in [0.1, 0.15) is 66.6 Å². The Kier molecular flexibility index (Phi) is 15.6. The second kappa shape index (κ2) is 21.0. The maximum Gasteiger partial charge on any atom is 0.150 e. The van der Waals surface area contributed by atoms with Crippen molar-refractivity contribution in [1.82, 2.24) is 19.9 Å². The molecule has 6 rings (SSSR count). The Morgan fingerprint density at radius 2 is 1.16 bits per heavy atom. The SMILES string of the molecule is CCCCSCSc1nc(-c2nccs2)c(-c2c(-c3nccs3)nc(SCSCCCC)c(C#N)c2-c2ccc(CO)cc2)c(-c2ccc(C=O)cc2)c1C#N. The zero-order valence-electron chi connectivity index (χ0n) is 30.9. The van der Waals surface area contributed by atoms with Gasteiger partial charge in [0.05, 0.1) is 17.7 Å². The first-order valence-corrected chi connectivity index (χ1v) is 24.0. The number of aldehydes is 1. The first-order valence-electron chi connectivity index (χ1n) is 18.0. The fraction of sp³-hybridized carbons (Fsp3) is 0.262. The molecule has 0 amide bonds. The number of unbranched alkanes of at least 4 members (excludes halogenated alkanes) is 2. The summed E-state index contributed by atoms with van der Waals surface area (Å²) in [6, 6.07) is 19.8. The first kappa shape index (κ1) is 41.6. The van der Waals surface area contributed by atoms with Crippen molar-refractivity contribution in [3.8, 4) is 66.9 Å². The van der Waals surface area contributed by atoms with Crippen LogP contribution < -0.4 is 0 Å². The topological polar surface area (TPSA) is 136 Å². The Hall–Kier alpha value is -3.99. The number of nitrogens with zero attached hydrogens (tertiary/aromatic N) is 6. The Morgan fingerprint density at radius 3 is 1.54 bits per heavy atom. The van der Waals surface area contributed by atoms with E-state index < -0.39 is 0 Å². The number of nitriles is 2. The molecule has 0 saturated heterocycles. The van der Waals surface area contributed by atoms with Gasteiger partial charge in [0, 0.05) is 61.1 Å². The Morgan fingerprint density at radius 1 is 0.696 bits per heavy atom. The number of thiazole rings is 2. The molecule has 0 aliphatic carbocycles. The highest BCUT2D eigenvalue weighted by Crippen LogP contribution is 2.52. The average Bonchev–Trinajstić information content (AvgIpc) is 3.99. The zero-order valence-corrected chi connectivity index (χ0v) is 35.8. The van der Waals surface area contributed by atoms with E-state index in [0.717, 1.165) is 54.6 Å². The summed E-state index contributed by atoms with van der Waals surface area (Å²) in [5.41, 5.74) is 7.03. The fourth-order valence-electron chi connectivity index (χ4n) is 5.91. The Labute approximate surface area is 352 Å². The van der Waals surface area contributed by atoms with Crippen LogP contribution in [0.3, 0.4) is 0 Å². The van der Waals surface area contributed by atoms with Gasteiger partial charge in [0.25, 0.3) is 0 Å². The van der Waals surface area contributed by atoms with Gasteiger partial charge in [0.15, 0.2) is 0 Å². The third-order valence-corrected chi connectivity index (χ3v) is 14.8. The maximum absolute atomic E-state index is 11.8. The molecular weight excluding hydrogens is 813 g/mol. The van der Waals surface area contributed by atoms with Gasteiger partial charge in [0.2, 0.25) is 0 Å². The van der Waals surface area contributed by atoms with Crippen LogP contribution in [0.2, 0.25) is 0 Å². The van der Waals surface area contributed by atoms with Gasteiger partial charge >= 0.3 is 0 Å². The van der Waals surface area contributed by atoms with Gasteiger partial charge in [-0.1, -0.05) is 98.7 Å². The van der Waals surface area contributed by atoms with Gasteiger partial charge in [-0.2, -0.15) is 34.0 Å². The minimum absolute atomic E-state index is 0.129. The van der Waals surface area contributed by atoms with Crippen molar-refractivity contribution >= 4 is 76.0 Å². The van der Waals surface area contributed by atoms with Gasteiger partial charge in [-0.3, -0.25) is 4.79 Å². The maximum atomic E-state index is 11.8. The number of hydrogen-bond acceptors (Lipinski definition) is 14. The van der Waals surface area contributed by atoms with E-state index in [-0.39, 0.29) is 6.61 Å². The summed E-state index contributed by atoms with van der Waals surface area (Å²) < 4.78 is 0. The summed E-state index contributed by atoms with van der Waals surface area (Å²) in [5, 5.41) is 39.9. The first-order chi connectivity index (χ1) is 27.6. The van der Waals surface area contributed by atoms with Crippen LogP contribution in [0.15, 0.2) is 81.7 Å². The lowest BCUT2D eigenvalue weighted by Gasteiger charge is -2.24. The number of carbonyl (C=O) groups is 1. The molecule has 1 N–H and O–H groups in total. The van der Waals surface area contributed by atoms with Crippen molar-refractivity contribution in [2.45, 2.75) is 56.2 Å². The van der Waals surface area contributed by atoms with Crippen LogP contribution in [0.5, 0.6) is 0 Å². The van der Waals surface area contributed by atoms with Gasteiger partial charge in [0.1, 0.15) is 49.9 Å². The molecule has 56 heavy (non-hydrogen) atoms. The molecule has 0 bridgehead atoms. The molecule has 0 radical (unpaired) electrons. The van der Waals surface area contributed by atoms with E-state index in [0.29, 0.717) is 86.1 Å². The number of carbonyl (C=O) groups excluding carboxylic acids is 1. The van der Waals surface area contributed by atoms with Crippen molar-refractivity contribution in [2.75, 3.05) is 21.7 Å². The highest BCUT2D eigenvalue weighted by Gasteiger charge is 2.32. The van der Waals surface area contributed by atoms with E-state index in [9.17, 15) is 20.4 Å². The third kappa shape index (κ3) is 9.57. The average molecular weight is 851 g/mol. The molecule has 0 atom stereocenters. The summed E-state index contributed by atoms with van der Waals surface area (Å²) in [6.45, 7) is 4.21. The lowest BCUT2D eigenvalue weighted by Crippen LogP contribution is -2.06. The van der Waals surface area contributed by atoms with Crippen molar-refractivity contribution < 1.29 is 9.90 Å². The molecule has 4 heterocycles. The molecule has 0 fully saturated rings. The van der Waals surface area contributed by atoms with E-state index in [1.165, 1.54) is 46.2 Å². The molecule has 0 aliphatic rings. The van der Waals surface area contributed by atoms with Gasteiger partial charge < -0.3 is 5.11 Å². The molecule has 8 nitrogen and oxygen atoms in total. The number of thioether (sulfide) groups is 4. The minimum atomic E-state index is -0.129. The second-order valence-electron chi connectivity index (χ2n) is 12.3. The van der Waals surface area contributed by atoms with Crippen molar-refractivity contribution in [1.29, 1.82) is 10.5 Å². The molecular formula is C42H38N6O2S6. The zero-order chi connectivity index (χ0) is 39.3. The van der Waals surface area contributed by atoms with E-state index in [1.54, 1.807) is 24.5 Å². The summed E-state index contributed by atoms with van der Waals surface area (Å²) >= 11 is 9.57. The highest BCUT2D eigenvalue weighted by atomic mass is 32.2. The van der Waals surface area contributed by atoms with E-state index in [2.05, 4.69) is 26.0 Å². The number of aliphatic hydroxyl groups excluding tert-OH is 1. The standard InChI is InChI=1S/C42H38N6O2S6/c1-3-5-17-51-25-55-39-31(21-43)33(29-11-7-27(23-49)8-12-29)35(37(47-39)41-45-15-19-53-41)36-34(30-13-9-28(24-50)10-14-30)32(22-44)40(56-26-52-18-6-4-2)48-38(36)42-46-16-20-54-42/h7-16,19-20,23,50H,3-6,17-18,24-26H2,1-2H3. The van der Waals surface area contributed by atoms with E-state index >= 15 is 0 Å². The number of pyridine rings is 2. The summed E-state index contributed by atoms with van der Waals surface area (Å²) in [7, 11) is 0. The van der Waals surface area contributed by atoms with Crippen LogP contribution in [0.4, 0.5) is 0 Å². The van der Waals surface area contributed by atoms with Crippen LogP contribution in [0.25, 0.3) is 54.8 Å². The number of aliphatic hydroxyl groups is 1. The monoisotopic (exact) mass is 850 g/mol. The number of aromatic nitrogens is 4. The Bertz CT molecular complexity index is 2320. The molecule has 284 valence electrons. The number of hydrogen-bond donors (Lipinski definition) is 1. The number of benzene rings is 2. The molecule has 0 unspecified atom stereocenters. The molecule has 6 aromatic rings. The van der Waals surface area contributed by atoms with Gasteiger partial charge in [-0.05, 0) is 41.0 Å². The largest absolute Gasteiger partial charge is 0.392 e. The van der Waals surface area contributed by atoms with Gasteiger partial charge in [-0.15, -0.1) is 22.7 Å². The minimum Gasteiger partial charge on any atom is -0.392 e. The smallest absolute Gasteiger partial charge is 0.150 e. The van der Waals surface area contributed by atoms with Crippen molar-refractivity contribution in [3.63, 3.8) is 0 Å². The second-order valence-corrected chi connectivity index (χ2v) is 19.0. The lowest BCUT2D eigenvalue weighted by molar-refractivity contribution is 0.112. The van der Waals surface area contributed by atoms with Crippen LogP contribution in [-0.4, -0.2) is 53.0 Å². The van der Waals surface area contributed by atoms with Crippen molar-refractivity contribution in [3.05, 3.63) is 93.9 Å². The fourth-order valence-corrected chi connectivity index (χ4v) is 11.6. The summed E-state index contributed by atoms with van der Waals surface area (Å²) in [6.07, 6.45) is 8.68. The van der Waals surface area contributed by atoms with Crippen LogP contribution >= 0.6 is 69.7 Å².